The van der Waals surface area contributed by atoms with E-state index in [0.717, 1.165) is 73.9 Å². The van der Waals surface area contributed by atoms with Crippen molar-refractivity contribution in [2.24, 2.45) is 0 Å². The maximum atomic E-state index is 6.23. The van der Waals surface area contributed by atoms with Gasteiger partial charge < -0.3 is 9.64 Å². The lowest BCUT2D eigenvalue weighted by molar-refractivity contribution is 0.204. The third-order valence-corrected chi connectivity index (χ3v) is 6.12. The number of rotatable bonds is 5. The van der Waals surface area contributed by atoms with Gasteiger partial charge in [0.05, 0.1) is 16.6 Å². The third-order valence-electron chi connectivity index (χ3n) is 6.12. The number of hydrogen-bond donors (Lipinski definition) is 0. The SMILES string of the molecule is Cc1nccc(CN2CCN(c3ccc4ncnc(OC5CCCC5)c4c3)CC2)n1. The highest BCUT2D eigenvalue weighted by molar-refractivity contribution is 5.86. The molecular weight excluding hydrogens is 376 g/mol. The minimum atomic E-state index is 0.292. The van der Waals surface area contributed by atoms with Crippen molar-refractivity contribution in [3.8, 4) is 5.88 Å². The molecule has 3 aromatic rings. The number of anilines is 1. The van der Waals surface area contributed by atoms with Gasteiger partial charge in [-0.3, -0.25) is 4.90 Å². The molecule has 7 nitrogen and oxygen atoms in total. The van der Waals surface area contributed by atoms with Crippen molar-refractivity contribution in [2.75, 3.05) is 31.1 Å². The van der Waals surface area contributed by atoms with E-state index in [-0.39, 0.29) is 0 Å². The summed E-state index contributed by atoms with van der Waals surface area (Å²) in [6.07, 6.45) is 8.49. The van der Waals surface area contributed by atoms with Gasteiger partial charge in [0, 0.05) is 44.6 Å². The lowest BCUT2D eigenvalue weighted by Crippen LogP contribution is -2.46. The Morgan fingerprint density at radius 2 is 1.83 bits per heavy atom. The molecule has 2 fully saturated rings. The molecule has 0 N–H and O–H groups in total. The standard InChI is InChI=1S/C23H28N6O/c1-17-24-9-8-18(27-17)15-28-10-12-29(13-11-28)19-6-7-22-21(14-19)23(26-16-25-22)30-20-4-2-3-5-20/h6-9,14,16,20H,2-5,10-13,15H2,1H3. The van der Waals surface area contributed by atoms with Crippen LogP contribution in [-0.2, 0) is 6.54 Å². The number of piperazine rings is 1. The molecule has 2 aromatic heterocycles. The van der Waals surface area contributed by atoms with Crippen molar-refractivity contribution in [1.82, 2.24) is 24.8 Å². The van der Waals surface area contributed by atoms with Crippen molar-refractivity contribution in [1.29, 1.82) is 0 Å². The van der Waals surface area contributed by atoms with Crippen LogP contribution in [0.5, 0.6) is 5.88 Å². The van der Waals surface area contributed by atoms with Crippen LogP contribution >= 0.6 is 0 Å². The van der Waals surface area contributed by atoms with Crippen LogP contribution in [0, 0.1) is 6.92 Å². The first-order chi connectivity index (χ1) is 14.7. The fourth-order valence-electron chi connectivity index (χ4n) is 4.46. The lowest BCUT2D eigenvalue weighted by Gasteiger charge is -2.36. The smallest absolute Gasteiger partial charge is 0.224 e. The summed E-state index contributed by atoms with van der Waals surface area (Å²) >= 11 is 0. The number of benzene rings is 1. The highest BCUT2D eigenvalue weighted by atomic mass is 16.5. The van der Waals surface area contributed by atoms with Gasteiger partial charge in [0.25, 0.3) is 0 Å². The average Bonchev–Trinajstić information content (AvgIpc) is 3.28. The summed E-state index contributed by atoms with van der Waals surface area (Å²) < 4.78 is 6.23. The number of nitrogens with zero attached hydrogens (tertiary/aromatic N) is 6. The Morgan fingerprint density at radius 1 is 1.00 bits per heavy atom. The molecule has 30 heavy (non-hydrogen) atoms. The first kappa shape index (κ1) is 19.2. The zero-order valence-corrected chi connectivity index (χ0v) is 17.5. The minimum Gasteiger partial charge on any atom is -0.474 e. The van der Waals surface area contributed by atoms with Gasteiger partial charge in [0.2, 0.25) is 5.88 Å². The van der Waals surface area contributed by atoms with Crippen LogP contribution in [0.3, 0.4) is 0 Å². The first-order valence-corrected chi connectivity index (χ1v) is 10.9. The van der Waals surface area contributed by atoms with Gasteiger partial charge in [-0.25, -0.2) is 19.9 Å². The Labute approximate surface area is 177 Å². The van der Waals surface area contributed by atoms with Crippen LogP contribution in [0.4, 0.5) is 5.69 Å². The zero-order chi connectivity index (χ0) is 20.3. The summed E-state index contributed by atoms with van der Waals surface area (Å²) in [7, 11) is 0. The molecule has 1 saturated heterocycles. The molecule has 5 rings (SSSR count). The maximum absolute atomic E-state index is 6.23. The average molecular weight is 405 g/mol. The van der Waals surface area contributed by atoms with E-state index in [4.69, 9.17) is 4.74 Å². The first-order valence-electron chi connectivity index (χ1n) is 10.9. The third kappa shape index (κ3) is 4.21. The fourth-order valence-corrected chi connectivity index (χ4v) is 4.46. The second-order valence-corrected chi connectivity index (χ2v) is 8.26. The van der Waals surface area contributed by atoms with Gasteiger partial charge >= 0.3 is 0 Å². The largest absolute Gasteiger partial charge is 0.474 e. The summed E-state index contributed by atoms with van der Waals surface area (Å²) in [5.74, 6) is 1.56. The quantitative estimate of drug-likeness (QED) is 0.646. The Kier molecular flexibility index (Phi) is 5.45. The van der Waals surface area contributed by atoms with E-state index in [0.29, 0.717) is 6.10 Å². The molecule has 1 aliphatic carbocycles. The zero-order valence-electron chi connectivity index (χ0n) is 17.5. The predicted molar refractivity (Wildman–Crippen MR) is 117 cm³/mol. The summed E-state index contributed by atoms with van der Waals surface area (Å²) in [4.78, 5) is 22.5. The van der Waals surface area contributed by atoms with E-state index in [1.165, 1.54) is 18.5 Å². The van der Waals surface area contributed by atoms with Gasteiger partial charge in [-0.2, -0.15) is 0 Å². The molecule has 1 saturated carbocycles. The molecular formula is C23H28N6O. The number of aryl methyl sites for hydroxylation is 1. The maximum Gasteiger partial charge on any atom is 0.224 e. The molecule has 0 spiro atoms. The molecule has 1 aromatic carbocycles. The second kappa shape index (κ2) is 8.52. The molecule has 0 amide bonds. The van der Waals surface area contributed by atoms with Crippen LogP contribution in [0.25, 0.3) is 10.9 Å². The predicted octanol–water partition coefficient (Wildman–Crippen LogP) is 3.37. The molecule has 7 heteroatoms. The monoisotopic (exact) mass is 404 g/mol. The Balaban J connectivity index is 1.28. The van der Waals surface area contributed by atoms with E-state index in [2.05, 4.69) is 47.9 Å². The van der Waals surface area contributed by atoms with Gasteiger partial charge in [-0.05, 0) is 56.9 Å². The molecule has 0 bridgehead atoms. The van der Waals surface area contributed by atoms with Crippen LogP contribution < -0.4 is 9.64 Å². The van der Waals surface area contributed by atoms with Gasteiger partial charge in [0.1, 0.15) is 18.3 Å². The Morgan fingerprint density at radius 3 is 2.63 bits per heavy atom. The lowest BCUT2D eigenvalue weighted by atomic mass is 10.1. The van der Waals surface area contributed by atoms with Crippen LogP contribution in [0.2, 0.25) is 0 Å². The van der Waals surface area contributed by atoms with Gasteiger partial charge in [-0.1, -0.05) is 0 Å². The van der Waals surface area contributed by atoms with E-state index < -0.39 is 0 Å². The summed E-state index contributed by atoms with van der Waals surface area (Å²) in [6.45, 7) is 6.82. The molecule has 0 atom stereocenters. The summed E-state index contributed by atoms with van der Waals surface area (Å²) in [5.41, 5.74) is 3.25. The molecule has 156 valence electrons. The topological polar surface area (TPSA) is 67.3 Å². The van der Waals surface area contributed by atoms with Gasteiger partial charge in [-0.15, -0.1) is 0 Å². The molecule has 1 aliphatic heterocycles. The highest BCUT2D eigenvalue weighted by Gasteiger charge is 2.21. The molecule has 3 heterocycles. The molecule has 0 radical (unpaired) electrons. The van der Waals surface area contributed by atoms with Crippen molar-refractivity contribution in [3.63, 3.8) is 0 Å². The van der Waals surface area contributed by atoms with E-state index >= 15 is 0 Å². The second-order valence-electron chi connectivity index (χ2n) is 8.26. The summed E-state index contributed by atoms with van der Waals surface area (Å²) in [5, 5.41) is 1.01. The molecule has 0 unspecified atom stereocenters. The van der Waals surface area contributed by atoms with Crippen LogP contribution in [0.15, 0.2) is 36.8 Å². The normalized spacial score (nSPS) is 18.2. The van der Waals surface area contributed by atoms with Crippen molar-refractivity contribution in [2.45, 2.75) is 45.3 Å². The van der Waals surface area contributed by atoms with E-state index in [1.807, 2.05) is 19.2 Å². The number of ether oxygens (including phenoxy) is 1. The van der Waals surface area contributed by atoms with Crippen LogP contribution in [0.1, 0.15) is 37.2 Å². The van der Waals surface area contributed by atoms with Crippen molar-refractivity contribution in [3.05, 3.63) is 48.3 Å². The van der Waals surface area contributed by atoms with Crippen LogP contribution in [-0.4, -0.2) is 57.1 Å². The number of fused-ring (bicyclic) bond motifs is 1. The minimum absolute atomic E-state index is 0.292. The number of aromatic nitrogens is 4. The van der Waals surface area contributed by atoms with Gasteiger partial charge in [0.15, 0.2) is 0 Å². The highest BCUT2D eigenvalue weighted by Crippen LogP contribution is 2.30. The van der Waals surface area contributed by atoms with E-state index in [1.54, 1.807) is 6.33 Å². The Hall–Kier alpha value is -2.80. The Bertz CT molecular complexity index is 1010. The summed E-state index contributed by atoms with van der Waals surface area (Å²) in [6, 6.07) is 8.46. The number of hydrogen-bond acceptors (Lipinski definition) is 7. The van der Waals surface area contributed by atoms with E-state index in [9.17, 15) is 0 Å². The molecule has 2 aliphatic rings. The fraction of sp³-hybridized carbons (Fsp3) is 0.478. The van der Waals surface area contributed by atoms with Crippen molar-refractivity contribution >= 4 is 16.6 Å². The van der Waals surface area contributed by atoms with Crippen molar-refractivity contribution < 1.29 is 4.74 Å².